The highest BCUT2D eigenvalue weighted by Crippen LogP contribution is 2.28. The van der Waals surface area contributed by atoms with E-state index >= 15 is 0 Å². The molecule has 1 aromatic heterocycles. The molecule has 0 aromatic carbocycles. The fraction of sp³-hybridized carbons (Fsp3) is 0.571. The number of rotatable bonds is 5. The zero-order chi connectivity index (χ0) is 16.3. The molecule has 1 aliphatic rings. The summed E-state index contributed by atoms with van der Waals surface area (Å²) in [5.74, 6) is 0.0837. The molecule has 1 aliphatic heterocycles. The summed E-state index contributed by atoms with van der Waals surface area (Å²) in [6, 6.07) is 0. The predicted molar refractivity (Wildman–Crippen MR) is 79.9 cm³/mol. The maximum Gasteiger partial charge on any atom is 0.351 e. The number of nitrogens with zero attached hydrogens (tertiary/aromatic N) is 2. The Morgan fingerprint density at radius 1 is 1.45 bits per heavy atom. The van der Waals surface area contributed by atoms with Gasteiger partial charge in [-0.05, 0) is 6.42 Å². The van der Waals surface area contributed by atoms with Crippen LogP contribution >= 0.6 is 0 Å². The van der Waals surface area contributed by atoms with E-state index in [1.165, 1.54) is 6.20 Å². The average Bonchev–Trinajstić information content (AvgIpc) is 2.77. The van der Waals surface area contributed by atoms with E-state index in [4.69, 9.17) is 15.6 Å². The molecule has 1 aromatic rings. The number of unbranched alkanes of at least 4 members (excludes halogenated alkanes) is 1. The van der Waals surface area contributed by atoms with E-state index in [-0.39, 0.29) is 5.82 Å². The fourth-order valence-corrected chi connectivity index (χ4v) is 2.29. The first-order chi connectivity index (χ1) is 10.5. The number of aliphatic hydroxyl groups is 3. The van der Waals surface area contributed by atoms with Crippen LogP contribution in [0.5, 0.6) is 0 Å². The van der Waals surface area contributed by atoms with Crippen molar-refractivity contribution in [2.45, 2.75) is 44.3 Å². The van der Waals surface area contributed by atoms with Gasteiger partial charge in [-0.1, -0.05) is 25.5 Å². The molecule has 8 heteroatoms. The number of ether oxygens (including phenoxy) is 1. The van der Waals surface area contributed by atoms with Crippen LogP contribution in [0.3, 0.4) is 0 Å². The van der Waals surface area contributed by atoms with Gasteiger partial charge in [0.2, 0.25) is 0 Å². The van der Waals surface area contributed by atoms with Crippen molar-refractivity contribution in [1.29, 1.82) is 0 Å². The summed E-state index contributed by atoms with van der Waals surface area (Å²) < 4.78 is 6.41. The van der Waals surface area contributed by atoms with Gasteiger partial charge >= 0.3 is 5.69 Å². The van der Waals surface area contributed by atoms with E-state index in [1.807, 2.05) is 13.0 Å². The van der Waals surface area contributed by atoms with Gasteiger partial charge in [-0.2, -0.15) is 4.98 Å². The van der Waals surface area contributed by atoms with E-state index < -0.39 is 36.8 Å². The van der Waals surface area contributed by atoms with Crippen molar-refractivity contribution in [1.82, 2.24) is 9.55 Å². The lowest BCUT2D eigenvalue weighted by Gasteiger charge is -2.18. The van der Waals surface area contributed by atoms with Crippen molar-refractivity contribution in [3.05, 3.63) is 28.3 Å². The number of aromatic nitrogens is 2. The Morgan fingerprint density at radius 3 is 2.77 bits per heavy atom. The lowest BCUT2D eigenvalue weighted by molar-refractivity contribution is -0.0549. The lowest BCUT2D eigenvalue weighted by Crippen LogP contribution is -2.36. The monoisotopic (exact) mass is 311 g/mol. The maximum atomic E-state index is 12.0. The van der Waals surface area contributed by atoms with Crippen LogP contribution in [0.4, 0.5) is 5.82 Å². The molecule has 0 amide bonds. The minimum Gasteiger partial charge on any atom is -0.394 e. The molecule has 0 spiro atoms. The molecule has 0 bridgehead atoms. The Bertz CT molecular complexity index is 601. The quantitative estimate of drug-likeness (QED) is 0.562. The van der Waals surface area contributed by atoms with Crippen LogP contribution in [0.2, 0.25) is 0 Å². The first-order valence-electron chi connectivity index (χ1n) is 7.17. The van der Waals surface area contributed by atoms with E-state index in [0.717, 1.165) is 17.4 Å². The molecule has 8 nitrogen and oxygen atoms in total. The Hall–Kier alpha value is -1.74. The van der Waals surface area contributed by atoms with Gasteiger partial charge in [-0.25, -0.2) is 4.79 Å². The number of nitrogens with two attached hydrogens (primary N) is 1. The number of aliphatic hydroxyl groups excluding tert-OH is 3. The Morgan fingerprint density at radius 2 is 2.18 bits per heavy atom. The molecule has 1 saturated heterocycles. The van der Waals surface area contributed by atoms with E-state index in [9.17, 15) is 15.0 Å². The fourth-order valence-electron chi connectivity index (χ4n) is 2.29. The summed E-state index contributed by atoms with van der Waals surface area (Å²) in [5.41, 5.74) is 5.54. The molecular weight excluding hydrogens is 290 g/mol. The first kappa shape index (κ1) is 16.6. The molecule has 0 saturated carbocycles. The lowest BCUT2D eigenvalue weighted by atomic mass is 10.1. The summed E-state index contributed by atoms with van der Waals surface area (Å²) in [4.78, 5) is 15.7. The second-order valence-corrected chi connectivity index (χ2v) is 5.19. The van der Waals surface area contributed by atoms with Gasteiger partial charge in [0.1, 0.15) is 24.1 Å². The van der Waals surface area contributed by atoms with Gasteiger partial charge in [0, 0.05) is 11.8 Å². The molecule has 0 radical (unpaired) electrons. The van der Waals surface area contributed by atoms with Crippen LogP contribution in [0, 0.1) is 0 Å². The van der Waals surface area contributed by atoms with Gasteiger partial charge in [0.05, 0.1) is 6.61 Å². The third-order valence-electron chi connectivity index (χ3n) is 3.55. The average molecular weight is 311 g/mol. The molecule has 1 fully saturated rings. The van der Waals surface area contributed by atoms with Crippen molar-refractivity contribution < 1.29 is 20.1 Å². The highest BCUT2D eigenvalue weighted by Gasteiger charge is 2.43. The topological polar surface area (TPSA) is 131 Å². The highest BCUT2D eigenvalue weighted by molar-refractivity contribution is 5.59. The molecule has 5 N–H and O–H groups in total. The van der Waals surface area contributed by atoms with Crippen LogP contribution in [-0.4, -0.2) is 49.8 Å². The Balaban J connectivity index is 2.35. The number of allylic oxidation sites excluding steroid dienone is 1. The molecule has 122 valence electrons. The van der Waals surface area contributed by atoms with Crippen LogP contribution < -0.4 is 11.4 Å². The van der Waals surface area contributed by atoms with Crippen LogP contribution in [0.15, 0.2) is 17.1 Å². The Kier molecular flexibility index (Phi) is 5.30. The summed E-state index contributed by atoms with van der Waals surface area (Å²) in [7, 11) is 0. The summed E-state index contributed by atoms with van der Waals surface area (Å²) >= 11 is 0. The third-order valence-corrected chi connectivity index (χ3v) is 3.55. The Labute approximate surface area is 127 Å². The van der Waals surface area contributed by atoms with Crippen LogP contribution in [0.1, 0.15) is 31.6 Å². The van der Waals surface area contributed by atoms with Crippen molar-refractivity contribution in [3.8, 4) is 0 Å². The normalized spacial score (nSPS) is 28.5. The minimum atomic E-state index is -1.34. The molecule has 0 aliphatic carbocycles. The smallest absolute Gasteiger partial charge is 0.351 e. The largest absolute Gasteiger partial charge is 0.394 e. The van der Waals surface area contributed by atoms with Crippen molar-refractivity contribution >= 4 is 11.9 Å². The van der Waals surface area contributed by atoms with Crippen molar-refractivity contribution in [2.75, 3.05) is 12.3 Å². The van der Waals surface area contributed by atoms with Crippen molar-refractivity contribution in [2.24, 2.45) is 0 Å². The SMILES string of the molecule is CCC/C=C/c1cn([C@@H]2O[C@H](CO)[C@@H](O)[C@@H]2O)c(=O)nc1N. The third kappa shape index (κ3) is 3.20. The second kappa shape index (κ2) is 7.01. The summed E-state index contributed by atoms with van der Waals surface area (Å²) in [6.07, 6.45) is 2.20. The minimum absolute atomic E-state index is 0.0837. The molecule has 22 heavy (non-hydrogen) atoms. The highest BCUT2D eigenvalue weighted by atomic mass is 16.6. The zero-order valence-electron chi connectivity index (χ0n) is 12.3. The molecule has 0 unspecified atom stereocenters. The number of nitrogen functional groups attached to an aromatic ring is 1. The maximum absolute atomic E-state index is 12.0. The molecule has 4 atom stereocenters. The summed E-state index contributed by atoms with van der Waals surface area (Å²) in [5, 5.41) is 28.9. The standard InChI is InChI=1S/C14H21N3O5/c1-2-3-4-5-8-6-17(14(21)16-12(8)15)13-11(20)10(19)9(7-18)22-13/h4-6,9-11,13,18-20H,2-3,7H2,1H3,(H2,15,16,21)/b5-4+/t9-,10-,11+,13-/m1/s1. The molecular formula is C14H21N3O5. The number of hydrogen-bond acceptors (Lipinski definition) is 7. The van der Waals surface area contributed by atoms with Gasteiger partial charge in [-0.15, -0.1) is 0 Å². The molecule has 2 heterocycles. The van der Waals surface area contributed by atoms with Gasteiger partial charge < -0.3 is 25.8 Å². The van der Waals surface area contributed by atoms with Crippen molar-refractivity contribution in [3.63, 3.8) is 0 Å². The van der Waals surface area contributed by atoms with Crippen LogP contribution in [-0.2, 0) is 4.74 Å². The van der Waals surface area contributed by atoms with Gasteiger partial charge in [0.25, 0.3) is 0 Å². The molecule has 2 rings (SSSR count). The first-order valence-corrected chi connectivity index (χ1v) is 7.17. The number of anilines is 1. The predicted octanol–water partition coefficient (Wildman–Crippen LogP) is -0.750. The zero-order valence-corrected chi connectivity index (χ0v) is 12.3. The van der Waals surface area contributed by atoms with Crippen LogP contribution in [0.25, 0.3) is 6.08 Å². The van der Waals surface area contributed by atoms with E-state index in [0.29, 0.717) is 5.56 Å². The van der Waals surface area contributed by atoms with Gasteiger partial charge in [-0.3, -0.25) is 4.57 Å². The van der Waals surface area contributed by atoms with E-state index in [2.05, 4.69) is 4.98 Å². The van der Waals surface area contributed by atoms with Gasteiger partial charge in [0.15, 0.2) is 6.23 Å². The van der Waals surface area contributed by atoms with E-state index in [1.54, 1.807) is 6.08 Å². The summed E-state index contributed by atoms with van der Waals surface area (Å²) in [6.45, 7) is 1.57. The second-order valence-electron chi connectivity index (χ2n) is 5.19. The number of hydrogen-bond donors (Lipinski definition) is 4.